The van der Waals surface area contributed by atoms with Crippen molar-refractivity contribution in [3.05, 3.63) is 65.3 Å². The first-order chi connectivity index (χ1) is 8.70. The molecule has 0 fully saturated rings. The predicted molar refractivity (Wildman–Crippen MR) is 75.1 cm³/mol. The molecule has 1 aliphatic carbocycles. The van der Waals surface area contributed by atoms with E-state index in [2.05, 4.69) is 44.3 Å². The number of hydrogen-bond donors (Lipinski definition) is 0. The highest BCUT2D eigenvalue weighted by molar-refractivity contribution is 5.76. The summed E-state index contributed by atoms with van der Waals surface area (Å²) in [4.78, 5) is 0. The second-order valence-corrected chi connectivity index (χ2v) is 5.08. The van der Waals surface area contributed by atoms with Gasteiger partial charge in [0.25, 0.3) is 0 Å². The third-order valence-corrected chi connectivity index (χ3v) is 3.90. The number of allylic oxidation sites excluding steroid dienone is 2. The second-order valence-electron chi connectivity index (χ2n) is 5.08. The van der Waals surface area contributed by atoms with E-state index >= 15 is 0 Å². The molecule has 3 rings (SSSR count). The van der Waals surface area contributed by atoms with E-state index in [-0.39, 0.29) is 0 Å². The van der Waals surface area contributed by atoms with Gasteiger partial charge in [-0.3, -0.25) is 0 Å². The predicted octanol–water partition coefficient (Wildman–Crippen LogP) is 4.27. The summed E-state index contributed by atoms with van der Waals surface area (Å²) < 4.78 is 6.12. The minimum absolute atomic E-state index is 0.297. The molecule has 1 nitrogen and oxygen atoms in total. The highest BCUT2D eigenvalue weighted by Gasteiger charge is 2.31. The van der Waals surface area contributed by atoms with Crippen molar-refractivity contribution in [1.29, 1.82) is 0 Å². The fourth-order valence-corrected chi connectivity index (χ4v) is 2.76. The number of fused-ring (bicyclic) bond motifs is 2. The fraction of sp³-hybridized carbons (Fsp3) is 0.294. The Bertz CT molecular complexity index is 563. The van der Waals surface area contributed by atoms with Gasteiger partial charge < -0.3 is 4.74 Å². The van der Waals surface area contributed by atoms with Crippen molar-refractivity contribution in [1.82, 2.24) is 0 Å². The topological polar surface area (TPSA) is 9.23 Å². The van der Waals surface area contributed by atoms with E-state index in [1.54, 1.807) is 0 Å². The fourth-order valence-electron chi connectivity index (χ4n) is 2.76. The Morgan fingerprint density at radius 2 is 2.06 bits per heavy atom. The van der Waals surface area contributed by atoms with Crippen LogP contribution in [0.25, 0.3) is 5.76 Å². The van der Waals surface area contributed by atoms with Crippen LogP contribution in [0.3, 0.4) is 0 Å². The maximum absolute atomic E-state index is 6.12. The zero-order valence-corrected chi connectivity index (χ0v) is 10.8. The molecule has 0 amide bonds. The number of benzene rings is 1. The zero-order chi connectivity index (χ0) is 12.7. The SMILES string of the molecule is C=C1Cc2ccccc2C2=C(CC(CC)O2)C1=C. The maximum Gasteiger partial charge on any atom is 0.131 e. The van der Waals surface area contributed by atoms with Crippen molar-refractivity contribution in [2.45, 2.75) is 32.3 Å². The van der Waals surface area contributed by atoms with Crippen molar-refractivity contribution >= 4 is 5.76 Å². The van der Waals surface area contributed by atoms with Gasteiger partial charge in [-0.05, 0) is 29.6 Å². The Morgan fingerprint density at radius 3 is 2.83 bits per heavy atom. The average molecular weight is 238 g/mol. The molecule has 0 radical (unpaired) electrons. The normalized spacial score (nSPS) is 22.4. The van der Waals surface area contributed by atoms with Crippen molar-refractivity contribution in [3.63, 3.8) is 0 Å². The van der Waals surface area contributed by atoms with Gasteiger partial charge in [0.15, 0.2) is 0 Å². The Morgan fingerprint density at radius 1 is 1.28 bits per heavy atom. The molecule has 0 saturated carbocycles. The summed E-state index contributed by atoms with van der Waals surface area (Å²) in [5.74, 6) is 1.04. The second kappa shape index (κ2) is 4.16. The molecule has 1 aromatic rings. The van der Waals surface area contributed by atoms with Crippen LogP contribution in [-0.4, -0.2) is 6.10 Å². The Labute approximate surface area is 108 Å². The monoisotopic (exact) mass is 238 g/mol. The third-order valence-electron chi connectivity index (χ3n) is 3.90. The van der Waals surface area contributed by atoms with Crippen LogP contribution in [0.5, 0.6) is 0 Å². The highest BCUT2D eigenvalue weighted by Crippen LogP contribution is 2.43. The van der Waals surface area contributed by atoms with Crippen LogP contribution in [-0.2, 0) is 11.2 Å². The molecule has 1 atom stereocenters. The molecular weight excluding hydrogens is 220 g/mol. The van der Waals surface area contributed by atoms with Crippen LogP contribution in [0.1, 0.15) is 30.9 Å². The molecule has 0 aromatic heterocycles. The minimum Gasteiger partial charge on any atom is -0.489 e. The first-order valence-corrected chi connectivity index (χ1v) is 6.56. The molecule has 18 heavy (non-hydrogen) atoms. The molecule has 1 unspecified atom stereocenters. The Hall–Kier alpha value is -1.76. The van der Waals surface area contributed by atoms with Gasteiger partial charge in [-0.2, -0.15) is 0 Å². The number of hydrogen-bond acceptors (Lipinski definition) is 1. The largest absolute Gasteiger partial charge is 0.489 e. The molecule has 1 aliphatic heterocycles. The summed E-state index contributed by atoms with van der Waals surface area (Å²) in [6.07, 6.45) is 3.18. The van der Waals surface area contributed by atoms with Crippen molar-refractivity contribution in [2.24, 2.45) is 0 Å². The Kier molecular flexibility index (Phi) is 2.62. The molecular formula is C17H18O. The molecule has 1 heterocycles. The van der Waals surface area contributed by atoms with Crippen LogP contribution in [0.4, 0.5) is 0 Å². The molecule has 2 aliphatic rings. The van der Waals surface area contributed by atoms with E-state index in [0.717, 1.165) is 36.2 Å². The summed E-state index contributed by atoms with van der Waals surface area (Å²) >= 11 is 0. The van der Waals surface area contributed by atoms with Gasteiger partial charge in [-0.25, -0.2) is 0 Å². The number of ether oxygens (including phenoxy) is 1. The maximum atomic E-state index is 6.12. The van der Waals surface area contributed by atoms with Gasteiger partial charge in [0.05, 0.1) is 0 Å². The van der Waals surface area contributed by atoms with E-state index in [0.29, 0.717) is 6.10 Å². The van der Waals surface area contributed by atoms with Crippen LogP contribution < -0.4 is 0 Å². The van der Waals surface area contributed by atoms with Gasteiger partial charge in [0.1, 0.15) is 11.9 Å². The van der Waals surface area contributed by atoms with Crippen LogP contribution in [0, 0.1) is 0 Å². The summed E-state index contributed by atoms with van der Waals surface area (Å²) in [5, 5.41) is 0. The molecule has 1 aromatic carbocycles. The van der Waals surface area contributed by atoms with Gasteiger partial charge in [0, 0.05) is 17.6 Å². The lowest BCUT2D eigenvalue weighted by atomic mass is 9.95. The van der Waals surface area contributed by atoms with Gasteiger partial charge in [-0.15, -0.1) is 0 Å². The summed E-state index contributed by atoms with van der Waals surface area (Å²) in [6.45, 7) is 10.6. The molecule has 0 spiro atoms. The van der Waals surface area contributed by atoms with E-state index < -0.39 is 0 Å². The van der Waals surface area contributed by atoms with Crippen molar-refractivity contribution in [3.8, 4) is 0 Å². The van der Waals surface area contributed by atoms with E-state index in [9.17, 15) is 0 Å². The molecule has 0 N–H and O–H groups in total. The summed E-state index contributed by atoms with van der Waals surface area (Å²) in [7, 11) is 0. The molecule has 1 heteroatoms. The number of rotatable bonds is 1. The standard InChI is InChI=1S/C17H18O/c1-4-14-10-16-12(3)11(2)9-13-7-5-6-8-15(13)17(16)18-14/h5-8,14H,2-4,9-10H2,1H3. The van der Waals surface area contributed by atoms with E-state index in [4.69, 9.17) is 4.74 Å². The van der Waals surface area contributed by atoms with E-state index in [1.165, 1.54) is 16.7 Å². The molecule has 92 valence electrons. The van der Waals surface area contributed by atoms with Crippen LogP contribution in [0.15, 0.2) is 54.1 Å². The van der Waals surface area contributed by atoms with Crippen LogP contribution >= 0.6 is 0 Å². The van der Waals surface area contributed by atoms with Crippen LogP contribution in [0.2, 0.25) is 0 Å². The zero-order valence-electron chi connectivity index (χ0n) is 10.8. The quantitative estimate of drug-likeness (QED) is 0.710. The molecule has 0 saturated heterocycles. The lowest BCUT2D eigenvalue weighted by Gasteiger charge is -2.13. The minimum atomic E-state index is 0.297. The first kappa shape index (κ1) is 11.3. The lowest BCUT2D eigenvalue weighted by molar-refractivity contribution is 0.186. The van der Waals surface area contributed by atoms with E-state index in [1.807, 2.05) is 0 Å². The van der Waals surface area contributed by atoms with Gasteiger partial charge in [0.2, 0.25) is 0 Å². The molecule has 0 bridgehead atoms. The van der Waals surface area contributed by atoms with Gasteiger partial charge >= 0.3 is 0 Å². The highest BCUT2D eigenvalue weighted by atomic mass is 16.5. The summed E-state index contributed by atoms with van der Waals surface area (Å²) in [5.41, 5.74) is 5.98. The lowest BCUT2D eigenvalue weighted by Crippen LogP contribution is -2.05. The smallest absolute Gasteiger partial charge is 0.131 e. The first-order valence-electron chi connectivity index (χ1n) is 6.56. The average Bonchev–Trinajstić information content (AvgIpc) is 2.78. The van der Waals surface area contributed by atoms with Gasteiger partial charge in [-0.1, -0.05) is 44.3 Å². The summed E-state index contributed by atoms with van der Waals surface area (Å²) in [6, 6.07) is 8.45. The van der Waals surface area contributed by atoms with Crippen molar-refractivity contribution < 1.29 is 4.74 Å². The van der Waals surface area contributed by atoms with Crippen molar-refractivity contribution in [2.75, 3.05) is 0 Å². The third kappa shape index (κ3) is 1.62. The Balaban J connectivity index is 2.16.